The normalized spacial score (nSPS) is 12.5. The van der Waals surface area contributed by atoms with Gasteiger partial charge in [0.2, 0.25) is 0 Å². The minimum atomic E-state index is -0.597. The molecule has 0 radical (unpaired) electrons. The van der Waals surface area contributed by atoms with Gasteiger partial charge < -0.3 is 15.2 Å². The number of aliphatic hydroxyl groups excluding tert-OH is 1. The molecule has 0 bridgehead atoms. The molecule has 1 aromatic carbocycles. The molecule has 0 aliphatic carbocycles. The van der Waals surface area contributed by atoms with E-state index in [1.54, 1.807) is 29.5 Å². The Kier molecular flexibility index (Phi) is 6.14. The Morgan fingerprint density at radius 2 is 2.15 bits per heavy atom. The van der Waals surface area contributed by atoms with Crippen molar-refractivity contribution in [3.63, 3.8) is 0 Å². The van der Waals surface area contributed by atoms with Crippen LogP contribution in [0.1, 0.15) is 11.1 Å². The van der Waals surface area contributed by atoms with Gasteiger partial charge >= 0.3 is 0 Å². The zero-order chi connectivity index (χ0) is 14.2. The number of benzene rings is 1. The van der Waals surface area contributed by atoms with E-state index in [-0.39, 0.29) is 19.0 Å². The van der Waals surface area contributed by atoms with E-state index < -0.39 is 6.10 Å². The molecule has 0 aliphatic heterocycles. The zero-order valence-electron chi connectivity index (χ0n) is 11.1. The first kappa shape index (κ1) is 15.1. The Bertz CT molecular complexity index is 504. The minimum absolute atomic E-state index is 0.175. The monoisotopic (exact) mass is 295 g/mol. The van der Waals surface area contributed by atoms with Crippen LogP contribution in [-0.4, -0.2) is 24.4 Å². The number of rotatable bonds is 8. The fraction of sp³-hybridized carbons (Fsp3) is 0.333. The molecular weight excluding hydrogens is 277 g/mol. The molecule has 0 saturated carbocycles. The molecular formula is C15H18FNO2S. The van der Waals surface area contributed by atoms with Crippen LogP contribution in [0.5, 0.6) is 0 Å². The second kappa shape index (κ2) is 8.11. The van der Waals surface area contributed by atoms with Gasteiger partial charge in [0.15, 0.2) is 0 Å². The van der Waals surface area contributed by atoms with E-state index in [0.717, 1.165) is 6.54 Å². The van der Waals surface area contributed by atoms with Crippen molar-refractivity contribution < 1.29 is 14.2 Å². The van der Waals surface area contributed by atoms with Crippen molar-refractivity contribution in [2.75, 3.05) is 13.2 Å². The van der Waals surface area contributed by atoms with Gasteiger partial charge in [-0.2, -0.15) is 11.3 Å². The van der Waals surface area contributed by atoms with Gasteiger partial charge in [-0.15, -0.1) is 0 Å². The van der Waals surface area contributed by atoms with Crippen LogP contribution in [0.15, 0.2) is 41.1 Å². The van der Waals surface area contributed by atoms with E-state index in [1.807, 2.05) is 11.4 Å². The van der Waals surface area contributed by atoms with Crippen molar-refractivity contribution in [3.8, 4) is 0 Å². The maximum absolute atomic E-state index is 13.3. The molecule has 2 N–H and O–H groups in total. The van der Waals surface area contributed by atoms with Gasteiger partial charge in [0.1, 0.15) is 5.82 Å². The second-order valence-corrected chi connectivity index (χ2v) is 5.30. The summed E-state index contributed by atoms with van der Waals surface area (Å²) < 4.78 is 18.6. The van der Waals surface area contributed by atoms with E-state index >= 15 is 0 Å². The average molecular weight is 295 g/mol. The third-order valence-electron chi connectivity index (χ3n) is 2.81. The Hall–Kier alpha value is -1.27. The number of nitrogens with one attached hydrogen (secondary N) is 1. The molecule has 5 heteroatoms. The van der Waals surface area contributed by atoms with Crippen molar-refractivity contribution >= 4 is 11.3 Å². The summed E-state index contributed by atoms with van der Waals surface area (Å²) >= 11 is 1.65. The molecule has 1 aromatic heterocycles. The van der Waals surface area contributed by atoms with E-state index in [2.05, 4.69) is 10.7 Å². The quantitative estimate of drug-likeness (QED) is 0.786. The summed E-state index contributed by atoms with van der Waals surface area (Å²) in [5.74, 6) is -0.280. The summed E-state index contributed by atoms with van der Waals surface area (Å²) in [6, 6.07) is 8.52. The fourth-order valence-corrected chi connectivity index (χ4v) is 2.42. The van der Waals surface area contributed by atoms with Crippen LogP contribution < -0.4 is 5.32 Å². The van der Waals surface area contributed by atoms with Crippen LogP contribution in [0.3, 0.4) is 0 Å². The zero-order valence-corrected chi connectivity index (χ0v) is 11.9. The van der Waals surface area contributed by atoms with Crippen molar-refractivity contribution in [3.05, 3.63) is 58.0 Å². The smallest absolute Gasteiger partial charge is 0.128 e. The van der Waals surface area contributed by atoms with E-state index in [9.17, 15) is 9.50 Å². The van der Waals surface area contributed by atoms with Crippen molar-refractivity contribution in [1.29, 1.82) is 0 Å². The van der Waals surface area contributed by atoms with Crippen molar-refractivity contribution in [2.24, 2.45) is 0 Å². The van der Waals surface area contributed by atoms with Crippen LogP contribution in [0, 0.1) is 5.82 Å². The van der Waals surface area contributed by atoms with E-state index in [1.165, 1.54) is 11.6 Å². The first-order valence-corrected chi connectivity index (χ1v) is 7.41. The van der Waals surface area contributed by atoms with Gasteiger partial charge in [-0.3, -0.25) is 0 Å². The largest absolute Gasteiger partial charge is 0.389 e. The summed E-state index contributed by atoms with van der Waals surface area (Å²) in [5.41, 5.74) is 1.71. The maximum Gasteiger partial charge on any atom is 0.128 e. The number of halogens is 1. The van der Waals surface area contributed by atoms with Gasteiger partial charge in [0.05, 0.1) is 19.3 Å². The average Bonchev–Trinajstić information content (AvgIpc) is 2.94. The molecule has 2 rings (SSSR count). The van der Waals surface area contributed by atoms with Gasteiger partial charge in [-0.1, -0.05) is 18.2 Å². The molecule has 0 aliphatic rings. The van der Waals surface area contributed by atoms with E-state index in [4.69, 9.17) is 4.74 Å². The standard InChI is InChI=1S/C15H18FNO2S/c16-15-4-2-1-3-13(15)9-19-10-14(18)8-17-7-12-5-6-20-11-12/h1-6,11,14,17-18H,7-10H2. The SMILES string of the molecule is OC(CNCc1ccsc1)COCc1ccccc1F. The lowest BCUT2D eigenvalue weighted by molar-refractivity contribution is 0.0277. The molecule has 0 fully saturated rings. The highest BCUT2D eigenvalue weighted by atomic mass is 32.1. The van der Waals surface area contributed by atoms with Crippen molar-refractivity contribution in [2.45, 2.75) is 19.3 Å². The Labute approximate surface area is 122 Å². The molecule has 20 heavy (non-hydrogen) atoms. The lowest BCUT2D eigenvalue weighted by Crippen LogP contribution is -2.30. The minimum Gasteiger partial charge on any atom is -0.389 e. The molecule has 1 unspecified atom stereocenters. The number of thiophene rings is 1. The number of hydrogen-bond acceptors (Lipinski definition) is 4. The molecule has 2 aromatic rings. The summed E-state index contributed by atoms with van der Waals surface area (Å²) in [6.07, 6.45) is -0.597. The summed E-state index contributed by atoms with van der Waals surface area (Å²) in [4.78, 5) is 0. The molecule has 0 saturated heterocycles. The molecule has 1 atom stereocenters. The predicted molar refractivity (Wildman–Crippen MR) is 78.1 cm³/mol. The molecule has 3 nitrogen and oxygen atoms in total. The topological polar surface area (TPSA) is 41.5 Å². The summed E-state index contributed by atoms with van der Waals surface area (Å²) in [5, 5.41) is 17.0. The lowest BCUT2D eigenvalue weighted by Gasteiger charge is -2.12. The van der Waals surface area contributed by atoms with Crippen LogP contribution >= 0.6 is 11.3 Å². The predicted octanol–water partition coefficient (Wildman–Crippen LogP) is 2.55. The van der Waals surface area contributed by atoms with Crippen LogP contribution in [0.4, 0.5) is 4.39 Å². The Balaban J connectivity index is 1.60. The van der Waals surface area contributed by atoms with Crippen LogP contribution in [-0.2, 0) is 17.9 Å². The maximum atomic E-state index is 13.3. The highest BCUT2D eigenvalue weighted by molar-refractivity contribution is 7.07. The third kappa shape index (κ3) is 5.02. The third-order valence-corrected chi connectivity index (χ3v) is 3.55. The van der Waals surface area contributed by atoms with Gasteiger partial charge in [0.25, 0.3) is 0 Å². The van der Waals surface area contributed by atoms with Gasteiger partial charge in [0, 0.05) is 18.7 Å². The molecule has 0 spiro atoms. The second-order valence-electron chi connectivity index (χ2n) is 4.52. The van der Waals surface area contributed by atoms with Crippen LogP contribution in [0.25, 0.3) is 0 Å². The number of hydrogen-bond donors (Lipinski definition) is 2. The molecule has 1 heterocycles. The molecule has 108 valence electrons. The highest BCUT2D eigenvalue weighted by Gasteiger charge is 2.06. The summed E-state index contributed by atoms with van der Waals surface area (Å²) in [7, 11) is 0. The Morgan fingerprint density at radius 3 is 2.90 bits per heavy atom. The first-order chi connectivity index (χ1) is 9.75. The van der Waals surface area contributed by atoms with Gasteiger partial charge in [-0.05, 0) is 28.5 Å². The number of aliphatic hydroxyl groups is 1. The van der Waals surface area contributed by atoms with Gasteiger partial charge in [-0.25, -0.2) is 4.39 Å². The van der Waals surface area contributed by atoms with E-state index in [0.29, 0.717) is 12.1 Å². The highest BCUT2D eigenvalue weighted by Crippen LogP contribution is 2.08. The first-order valence-electron chi connectivity index (χ1n) is 6.46. The fourth-order valence-electron chi connectivity index (χ4n) is 1.76. The van der Waals surface area contributed by atoms with Crippen molar-refractivity contribution in [1.82, 2.24) is 5.32 Å². The summed E-state index contributed by atoms with van der Waals surface area (Å²) in [6.45, 7) is 1.54. The number of ether oxygens (including phenoxy) is 1. The van der Waals surface area contributed by atoms with Crippen LogP contribution in [0.2, 0.25) is 0 Å². The Morgan fingerprint density at radius 1 is 1.30 bits per heavy atom. The lowest BCUT2D eigenvalue weighted by atomic mass is 10.2. The molecule has 0 amide bonds.